The fourth-order valence-electron chi connectivity index (χ4n) is 1.37. The molecular weight excluding hydrogens is 284 g/mol. The number of hydrogen-bond donors (Lipinski definition) is 1. The van der Waals surface area contributed by atoms with E-state index in [9.17, 15) is 0 Å². The van der Waals surface area contributed by atoms with Crippen LogP contribution < -0.4 is 5.32 Å². The molecular formula is C11H16N4S3. The van der Waals surface area contributed by atoms with Crippen LogP contribution in [0.25, 0.3) is 9.88 Å². The zero-order valence-corrected chi connectivity index (χ0v) is 12.9. The highest BCUT2D eigenvalue weighted by Gasteiger charge is 2.09. The summed E-state index contributed by atoms with van der Waals surface area (Å²) in [5, 5.41) is 14.7. The number of rotatable bonds is 7. The monoisotopic (exact) mass is 300 g/mol. The van der Waals surface area contributed by atoms with Gasteiger partial charge in [0.2, 0.25) is 5.13 Å². The van der Waals surface area contributed by atoms with Crippen LogP contribution >= 0.6 is 34.4 Å². The second kappa shape index (κ2) is 7.06. The summed E-state index contributed by atoms with van der Waals surface area (Å²) < 4.78 is 0. The Morgan fingerprint density at radius 1 is 1.33 bits per heavy atom. The van der Waals surface area contributed by atoms with Gasteiger partial charge in [-0.3, -0.25) is 0 Å². The zero-order valence-electron chi connectivity index (χ0n) is 10.5. The SMILES string of the molecule is CCCCNc1nnc(-c2cnc(CSC)s2)s1. The summed E-state index contributed by atoms with van der Waals surface area (Å²) in [7, 11) is 0. The summed E-state index contributed by atoms with van der Waals surface area (Å²) in [6.07, 6.45) is 6.33. The van der Waals surface area contributed by atoms with E-state index >= 15 is 0 Å². The molecule has 4 nitrogen and oxygen atoms in total. The Bertz CT molecular complexity index is 480. The van der Waals surface area contributed by atoms with Gasteiger partial charge in [-0.1, -0.05) is 24.7 Å². The molecule has 0 saturated heterocycles. The standard InChI is InChI=1S/C11H16N4S3/c1-3-4-5-12-11-15-14-10(18-11)8-6-13-9(17-8)7-16-2/h6H,3-5,7H2,1-2H3,(H,12,15). The van der Waals surface area contributed by atoms with E-state index in [2.05, 4.69) is 33.7 Å². The molecule has 0 radical (unpaired) electrons. The van der Waals surface area contributed by atoms with Crippen LogP contribution in [0.1, 0.15) is 24.8 Å². The van der Waals surface area contributed by atoms with Crippen LogP contribution in [0.4, 0.5) is 5.13 Å². The first-order valence-corrected chi connectivity index (χ1v) is 8.87. The van der Waals surface area contributed by atoms with Gasteiger partial charge in [-0.25, -0.2) is 4.98 Å². The largest absolute Gasteiger partial charge is 0.360 e. The van der Waals surface area contributed by atoms with Gasteiger partial charge in [0.15, 0.2) is 5.01 Å². The Kier molecular flexibility index (Phi) is 5.40. The van der Waals surface area contributed by atoms with Crippen LogP contribution in [0.2, 0.25) is 0 Å². The maximum absolute atomic E-state index is 4.38. The van der Waals surface area contributed by atoms with Gasteiger partial charge in [0.05, 0.1) is 4.88 Å². The molecule has 0 unspecified atom stereocenters. The summed E-state index contributed by atoms with van der Waals surface area (Å²) in [6.45, 7) is 3.14. The van der Waals surface area contributed by atoms with E-state index in [0.29, 0.717) is 0 Å². The van der Waals surface area contributed by atoms with Crippen molar-refractivity contribution in [2.24, 2.45) is 0 Å². The number of nitrogens with zero attached hydrogens (tertiary/aromatic N) is 3. The quantitative estimate of drug-likeness (QED) is 0.789. The first-order chi connectivity index (χ1) is 8.83. The predicted molar refractivity (Wildman–Crippen MR) is 81.6 cm³/mol. The van der Waals surface area contributed by atoms with Crippen LogP contribution in [-0.2, 0) is 5.75 Å². The van der Waals surface area contributed by atoms with Gasteiger partial charge >= 0.3 is 0 Å². The summed E-state index contributed by atoms with van der Waals surface area (Å²) >= 11 is 5.08. The molecule has 98 valence electrons. The second-order valence-corrected chi connectivity index (χ2v) is 6.70. The van der Waals surface area contributed by atoms with Gasteiger partial charge in [-0.2, -0.15) is 11.8 Å². The van der Waals surface area contributed by atoms with E-state index in [-0.39, 0.29) is 0 Å². The Morgan fingerprint density at radius 3 is 3.00 bits per heavy atom. The number of anilines is 1. The lowest BCUT2D eigenvalue weighted by molar-refractivity contribution is 0.831. The number of thioether (sulfide) groups is 1. The summed E-state index contributed by atoms with van der Waals surface area (Å²) in [5.74, 6) is 0.963. The van der Waals surface area contributed by atoms with E-state index in [1.807, 2.05) is 6.20 Å². The van der Waals surface area contributed by atoms with Gasteiger partial charge in [-0.05, 0) is 12.7 Å². The number of thiazole rings is 1. The van der Waals surface area contributed by atoms with Crippen molar-refractivity contribution in [1.82, 2.24) is 15.2 Å². The van der Waals surface area contributed by atoms with Crippen LogP contribution in [0.5, 0.6) is 0 Å². The van der Waals surface area contributed by atoms with Crippen molar-refractivity contribution in [3.05, 3.63) is 11.2 Å². The molecule has 0 aliphatic rings. The Hall–Kier alpha value is -0.660. The van der Waals surface area contributed by atoms with Crippen LogP contribution in [0.3, 0.4) is 0 Å². The lowest BCUT2D eigenvalue weighted by Gasteiger charge is -1.97. The van der Waals surface area contributed by atoms with Crippen molar-refractivity contribution in [2.75, 3.05) is 18.1 Å². The third kappa shape index (κ3) is 3.66. The van der Waals surface area contributed by atoms with Gasteiger partial charge < -0.3 is 5.32 Å². The number of hydrogen-bond acceptors (Lipinski definition) is 7. The average molecular weight is 300 g/mol. The Balaban J connectivity index is 1.99. The molecule has 2 heterocycles. The highest BCUT2D eigenvalue weighted by molar-refractivity contribution is 7.97. The molecule has 0 spiro atoms. The van der Waals surface area contributed by atoms with Crippen molar-refractivity contribution in [1.29, 1.82) is 0 Å². The van der Waals surface area contributed by atoms with Crippen molar-refractivity contribution in [2.45, 2.75) is 25.5 Å². The highest BCUT2D eigenvalue weighted by Crippen LogP contribution is 2.31. The van der Waals surface area contributed by atoms with Crippen molar-refractivity contribution in [3.8, 4) is 9.88 Å². The van der Waals surface area contributed by atoms with Gasteiger partial charge in [-0.15, -0.1) is 21.5 Å². The third-order valence-corrected chi connectivity index (χ3v) is 5.06. The van der Waals surface area contributed by atoms with Crippen LogP contribution in [0, 0.1) is 0 Å². The molecule has 0 amide bonds. The first-order valence-electron chi connectivity index (χ1n) is 5.85. The molecule has 0 atom stereocenters. The minimum Gasteiger partial charge on any atom is -0.360 e. The Morgan fingerprint density at radius 2 is 2.22 bits per heavy atom. The minimum absolute atomic E-state index is 0.901. The molecule has 18 heavy (non-hydrogen) atoms. The summed E-state index contributed by atoms with van der Waals surface area (Å²) in [6, 6.07) is 0. The van der Waals surface area contributed by atoms with Gasteiger partial charge in [0.25, 0.3) is 0 Å². The molecule has 0 aliphatic carbocycles. The molecule has 2 aromatic rings. The number of unbranched alkanes of at least 4 members (excludes halogenated alkanes) is 1. The molecule has 2 aromatic heterocycles. The maximum Gasteiger partial charge on any atom is 0.206 e. The fourth-order valence-corrected chi connectivity index (χ4v) is 3.79. The van der Waals surface area contributed by atoms with E-state index in [0.717, 1.165) is 38.7 Å². The third-order valence-electron chi connectivity index (χ3n) is 2.26. The lowest BCUT2D eigenvalue weighted by atomic mass is 10.3. The maximum atomic E-state index is 4.38. The van der Waals surface area contributed by atoms with Crippen LogP contribution in [-0.4, -0.2) is 28.0 Å². The minimum atomic E-state index is 0.901. The topological polar surface area (TPSA) is 50.7 Å². The predicted octanol–water partition coefficient (Wildman–Crippen LogP) is 3.74. The van der Waals surface area contributed by atoms with Crippen LogP contribution in [0.15, 0.2) is 6.20 Å². The van der Waals surface area contributed by atoms with Crippen molar-refractivity contribution >= 4 is 39.6 Å². The van der Waals surface area contributed by atoms with E-state index in [4.69, 9.17) is 0 Å². The molecule has 0 saturated carbocycles. The smallest absolute Gasteiger partial charge is 0.206 e. The van der Waals surface area contributed by atoms with E-state index < -0.39 is 0 Å². The average Bonchev–Trinajstić information content (AvgIpc) is 2.98. The lowest BCUT2D eigenvalue weighted by Crippen LogP contribution is -1.99. The van der Waals surface area contributed by atoms with Gasteiger partial charge in [0.1, 0.15) is 5.01 Å². The molecule has 0 bridgehead atoms. The van der Waals surface area contributed by atoms with E-state index in [1.165, 1.54) is 6.42 Å². The summed E-state index contributed by atoms with van der Waals surface area (Å²) in [4.78, 5) is 5.49. The molecule has 0 aliphatic heterocycles. The first kappa shape index (κ1) is 13.8. The highest BCUT2D eigenvalue weighted by atomic mass is 32.2. The molecule has 2 rings (SSSR count). The molecule has 0 fully saturated rings. The molecule has 7 heteroatoms. The number of nitrogens with one attached hydrogen (secondary N) is 1. The van der Waals surface area contributed by atoms with Crippen molar-refractivity contribution in [3.63, 3.8) is 0 Å². The van der Waals surface area contributed by atoms with E-state index in [1.54, 1.807) is 34.4 Å². The second-order valence-electron chi connectivity index (χ2n) is 3.74. The molecule has 1 N–H and O–H groups in total. The molecule has 0 aromatic carbocycles. The number of aromatic nitrogens is 3. The Labute approximate surface area is 119 Å². The zero-order chi connectivity index (χ0) is 12.8. The summed E-state index contributed by atoms with van der Waals surface area (Å²) in [5.41, 5.74) is 0. The normalized spacial score (nSPS) is 10.8. The van der Waals surface area contributed by atoms with Crippen molar-refractivity contribution < 1.29 is 0 Å². The van der Waals surface area contributed by atoms with Gasteiger partial charge in [0, 0.05) is 18.5 Å². The fraction of sp³-hybridized carbons (Fsp3) is 0.545.